The highest BCUT2D eigenvalue weighted by Gasteiger charge is 2.08. The van der Waals surface area contributed by atoms with E-state index in [0.29, 0.717) is 0 Å². The summed E-state index contributed by atoms with van der Waals surface area (Å²) in [5.74, 6) is 0. The molecule has 0 aliphatic rings. The molecule has 0 bridgehead atoms. The average Bonchev–Trinajstić information content (AvgIpc) is 2.81. The molecule has 1 aromatic carbocycles. The van der Waals surface area contributed by atoms with E-state index in [1.807, 2.05) is 24.1 Å². The summed E-state index contributed by atoms with van der Waals surface area (Å²) >= 11 is 3.67. The first-order valence-electron chi connectivity index (χ1n) is 6.78. The quantitative estimate of drug-likeness (QED) is 0.880. The van der Waals surface area contributed by atoms with E-state index in [9.17, 15) is 0 Å². The van der Waals surface area contributed by atoms with Crippen molar-refractivity contribution >= 4 is 21.6 Å². The Morgan fingerprint density at radius 2 is 2.15 bits per heavy atom. The second kappa shape index (κ2) is 6.90. The molecule has 108 valence electrons. The van der Waals surface area contributed by atoms with Crippen molar-refractivity contribution in [1.29, 1.82) is 0 Å². The molecule has 0 atom stereocenters. The maximum Gasteiger partial charge on any atom is 0.0539 e. The van der Waals surface area contributed by atoms with E-state index in [2.05, 4.69) is 63.4 Å². The van der Waals surface area contributed by atoms with Crippen LogP contribution >= 0.6 is 15.9 Å². The van der Waals surface area contributed by atoms with Gasteiger partial charge in [-0.05, 0) is 40.2 Å². The summed E-state index contributed by atoms with van der Waals surface area (Å²) in [6, 6.07) is 6.51. The highest BCUT2D eigenvalue weighted by molar-refractivity contribution is 9.10. The van der Waals surface area contributed by atoms with Crippen LogP contribution in [0.15, 0.2) is 35.1 Å². The van der Waals surface area contributed by atoms with Crippen LogP contribution in [0, 0.1) is 0 Å². The summed E-state index contributed by atoms with van der Waals surface area (Å²) in [5, 5.41) is 7.54. The lowest BCUT2D eigenvalue weighted by atomic mass is 10.2. The minimum Gasteiger partial charge on any atom is -0.369 e. The highest BCUT2D eigenvalue weighted by atomic mass is 79.9. The van der Waals surface area contributed by atoms with Crippen LogP contribution < -0.4 is 10.2 Å². The third-order valence-corrected chi connectivity index (χ3v) is 3.82. The van der Waals surface area contributed by atoms with Gasteiger partial charge in [-0.1, -0.05) is 13.0 Å². The fraction of sp³-hybridized carbons (Fsp3) is 0.400. The van der Waals surface area contributed by atoms with Crippen molar-refractivity contribution in [3.63, 3.8) is 0 Å². The molecule has 0 spiro atoms. The molecule has 4 nitrogen and oxygen atoms in total. The molecule has 0 saturated carbocycles. The lowest BCUT2D eigenvalue weighted by Gasteiger charge is -2.20. The second-order valence-corrected chi connectivity index (χ2v) is 5.80. The Morgan fingerprint density at radius 1 is 1.35 bits per heavy atom. The molecule has 2 rings (SSSR count). The lowest BCUT2D eigenvalue weighted by Crippen LogP contribution is -2.17. The Bertz CT molecular complexity index is 565. The standard InChI is InChI=1S/C15H21BrN4/c1-4-17-8-12-5-6-15(14(16)7-12)19(2)10-13-9-18-20(3)11-13/h5-7,9,11,17H,4,8,10H2,1-3H3. The predicted molar refractivity (Wildman–Crippen MR) is 86.8 cm³/mol. The van der Waals surface area contributed by atoms with Crippen molar-refractivity contribution in [2.45, 2.75) is 20.0 Å². The molecule has 0 aliphatic carbocycles. The van der Waals surface area contributed by atoms with E-state index < -0.39 is 0 Å². The third kappa shape index (κ3) is 3.84. The van der Waals surface area contributed by atoms with Gasteiger partial charge in [0.05, 0.1) is 11.9 Å². The third-order valence-electron chi connectivity index (χ3n) is 3.18. The Balaban J connectivity index is 2.07. The summed E-state index contributed by atoms with van der Waals surface area (Å²) in [6.07, 6.45) is 3.95. The summed E-state index contributed by atoms with van der Waals surface area (Å²) in [7, 11) is 4.03. The number of hydrogen-bond donors (Lipinski definition) is 1. The summed E-state index contributed by atoms with van der Waals surface area (Å²) < 4.78 is 2.96. The molecule has 0 radical (unpaired) electrons. The molecular formula is C15H21BrN4. The molecule has 1 aromatic heterocycles. The van der Waals surface area contributed by atoms with Crippen LogP contribution in [0.2, 0.25) is 0 Å². The molecule has 1 heterocycles. The van der Waals surface area contributed by atoms with Crippen molar-refractivity contribution in [2.75, 3.05) is 18.5 Å². The van der Waals surface area contributed by atoms with Crippen LogP contribution in [0.4, 0.5) is 5.69 Å². The van der Waals surface area contributed by atoms with Crippen molar-refractivity contribution in [3.8, 4) is 0 Å². The van der Waals surface area contributed by atoms with E-state index in [4.69, 9.17) is 0 Å². The predicted octanol–water partition coefficient (Wildman–Crippen LogP) is 2.93. The summed E-state index contributed by atoms with van der Waals surface area (Å²) in [5.41, 5.74) is 3.69. The molecule has 0 amide bonds. The van der Waals surface area contributed by atoms with Crippen molar-refractivity contribution in [1.82, 2.24) is 15.1 Å². The number of hydrogen-bond acceptors (Lipinski definition) is 3. The van der Waals surface area contributed by atoms with Crippen molar-refractivity contribution in [3.05, 3.63) is 46.2 Å². The van der Waals surface area contributed by atoms with Gasteiger partial charge in [-0.15, -0.1) is 0 Å². The van der Waals surface area contributed by atoms with Gasteiger partial charge >= 0.3 is 0 Å². The Kier molecular flexibility index (Phi) is 5.20. The normalized spacial score (nSPS) is 10.8. The zero-order chi connectivity index (χ0) is 14.5. The van der Waals surface area contributed by atoms with Crippen LogP contribution in [0.25, 0.3) is 0 Å². The molecule has 0 fully saturated rings. The molecule has 20 heavy (non-hydrogen) atoms. The first-order chi connectivity index (χ1) is 9.60. The minimum atomic E-state index is 0.846. The fourth-order valence-corrected chi connectivity index (χ4v) is 2.88. The number of nitrogens with zero attached hydrogens (tertiary/aromatic N) is 3. The van der Waals surface area contributed by atoms with Crippen LogP contribution in [-0.4, -0.2) is 23.4 Å². The summed E-state index contributed by atoms with van der Waals surface area (Å²) in [6.45, 7) is 4.85. The number of rotatable bonds is 6. The smallest absolute Gasteiger partial charge is 0.0539 e. The van der Waals surface area contributed by atoms with Crippen LogP contribution in [0.1, 0.15) is 18.1 Å². The Hall–Kier alpha value is -1.33. The zero-order valence-corrected chi connectivity index (χ0v) is 13.8. The number of aromatic nitrogens is 2. The molecule has 0 saturated heterocycles. The lowest BCUT2D eigenvalue weighted by molar-refractivity contribution is 0.726. The molecule has 5 heteroatoms. The van der Waals surface area contributed by atoms with Gasteiger partial charge in [0.15, 0.2) is 0 Å². The number of nitrogens with one attached hydrogen (secondary N) is 1. The van der Waals surface area contributed by atoms with E-state index in [1.165, 1.54) is 16.8 Å². The van der Waals surface area contributed by atoms with Crippen LogP contribution in [0.3, 0.4) is 0 Å². The SMILES string of the molecule is CCNCc1ccc(N(C)Cc2cnn(C)c2)c(Br)c1. The van der Waals surface area contributed by atoms with E-state index in [0.717, 1.165) is 24.1 Å². The Morgan fingerprint density at radius 3 is 2.75 bits per heavy atom. The average molecular weight is 337 g/mol. The topological polar surface area (TPSA) is 33.1 Å². The molecule has 2 aromatic rings. The summed E-state index contributed by atoms with van der Waals surface area (Å²) in [4.78, 5) is 2.22. The monoisotopic (exact) mass is 336 g/mol. The van der Waals surface area contributed by atoms with Gasteiger partial charge in [-0.3, -0.25) is 4.68 Å². The molecule has 0 aliphatic heterocycles. The number of anilines is 1. The number of benzene rings is 1. The maximum absolute atomic E-state index is 4.20. The largest absolute Gasteiger partial charge is 0.369 e. The van der Waals surface area contributed by atoms with Gasteiger partial charge in [-0.25, -0.2) is 0 Å². The molecular weight excluding hydrogens is 316 g/mol. The van der Waals surface area contributed by atoms with Crippen LogP contribution in [0.5, 0.6) is 0 Å². The molecule has 0 unspecified atom stereocenters. The maximum atomic E-state index is 4.20. The van der Waals surface area contributed by atoms with Gasteiger partial charge < -0.3 is 10.2 Å². The minimum absolute atomic E-state index is 0.846. The van der Waals surface area contributed by atoms with Crippen molar-refractivity contribution in [2.24, 2.45) is 7.05 Å². The zero-order valence-electron chi connectivity index (χ0n) is 12.2. The van der Waals surface area contributed by atoms with E-state index in [-0.39, 0.29) is 0 Å². The number of halogens is 1. The molecule has 1 N–H and O–H groups in total. The van der Waals surface area contributed by atoms with Crippen molar-refractivity contribution < 1.29 is 0 Å². The van der Waals surface area contributed by atoms with Gasteiger partial charge in [0.1, 0.15) is 0 Å². The fourth-order valence-electron chi connectivity index (χ4n) is 2.15. The highest BCUT2D eigenvalue weighted by Crippen LogP contribution is 2.27. The van der Waals surface area contributed by atoms with Gasteiger partial charge in [0, 0.05) is 43.4 Å². The first kappa shape index (κ1) is 15.1. The van der Waals surface area contributed by atoms with E-state index in [1.54, 1.807) is 0 Å². The number of aryl methyl sites for hydroxylation is 1. The first-order valence-corrected chi connectivity index (χ1v) is 7.57. The van der Waals surface area contributed by atoms with Gasteiger partial charge in [-0.2, -0.15) is 5.10 Å². The second-order valence-electron chi connectivity index (χ2n) is 4.94. The van der Waals surface area contributed by atoms with Crippen LogP contribution in [-0.2, 0) is 20.1 Å². The van der Waals surface area contributed by atoms with E-state index >= 15 is 0 Å². The van der Waals surface area contributed by atoms with Gasteiger partial charge in [0.25, 0.3) is 0 Å². The van der Waals surface area contributed by atoms with Gasteiger partial charge in [0.2, 0.25) is 0 Å². The Labute approximate surface area is 128 Å².